The highest BCUT2D eigenvalue weighted by molar-refractivity contribution is 14.1. The van der Waals surface area contributed by atoms with Gasteiger partial charge in [0.1, 0.15) is 5.75 Å². The van der Waals surface area contributed by atoms with Crippen LogP contribution in [0.5, 0.6) is 5.75 Å². The van der Waals surface area contributed by atoms with Crippen LogP contribution >= 0.6 is 22.6 Å². The van der Waals surface area contributed by atoms with Gasteiger partial charge in [0.25, 0.3) is 5.69 Å². The summed E-state index contributed by atoms with van der Waals surface area (Å²) in [5.41, 5.74) is 0.335. The van der Waals surface area contributed by atoms with E-state index in [1.54, 1.807) is 6.07 Å². The zero-order chi connectivity index (χ0) is 11.4. The first-order valence-electron chi connectivity index (χ1n) is 3.98. The Kier molecular flexibility index (Phi) is 3.85. The van der Waals surface area contributed by atoms with Gasteiger partial charge in [0.05, 0.1) is 34.2 Å². The Labute approximate surface area is 99.9 Å². The highest BCUT2D eigenvalue weighted by Crippen LogP contribution is 2.30. The van der Waals surface area contributed by atoms with Crippen molar-refractivity contribution in [1.82, 2.24) is 0 Å². The molecular formula is C9H7IN2O3. The lowest BCUT2D eigenvalue weighted by Gasteiger charge is -2.05. The van der Waals surface area contributed by atoms with E-state index in [2.05, 4.69) is 0 Å². The maximum absolute atomic E-state index is 10.7. The molecule has 0 saturated carbocycles. The first-order valence-corrected chi connectivity index (χ1v) is 5.05. The van der Waals surface area contributed by atoms with Crippen LogP contribution in [-0.4, -0.2) is 12.0 Å². The number of nitrogens with zero attached hydrogens (tertiary/aromatic N) is 2. The summed E-state index contributed by atoms with van der Waals surface area (Å²) < 4.78 is 5.73. The lowest BCUT2D eigenvalue weighted by atomic mass is 10.1. The number of halogens is 1. The molecule has 0 radical (unpaired) electrons. The average molecular weight is 318 g/mol. The number of methoxy groups -OCH3 is 1. The molecule has 0 amide bonds. The molecule has 0 fully saturated rings. The molecule has 6 heteroatoms. The zero-order valence-corrected chi connectivity index (χ0v) is 10.0. The maximum atomic E-state index is 10.7. The van der Waals surface area contributed by atoms with Crippen molar-refractivity contribution < 1.29 is 9.66 Å². The molecule has 1 aromatic rings. The zero-order valence-electron chi connectivity index (χ0n) is 7.86. The summed E-state index contributed by atoms with van der Waals surface area (Å²) in [6.45, 7) is 0. The van der Waals surface area contributed by atoms with Crippen LogP contribution < -0.4 is 4.74 Å². The minimum Gasteiger partial charge on any atom is -0.495 e. The van der Waals surface area contributed by atoms with E-state index in [0.29, 0.717) is 11.3 Å². The largest absolute Gasteiger partial charge is 0.495 e. The van der Waals surface area contributed by atoms with Crippen molar-refractivity contribution in [2.24, 2.45) is 0 Å². The predicted octanol–water partition coefficient (Wildman–Crippen LogP) is 2.27. The van der Waals surface area contributed by atoms with E-state index in [1.165, 1.54) is 13.2 Å². The van der Waals surface area contributed by atoms with Crippen LogP contribution in [0.1, 0.15) is 5.56 Å². The van der Waals surface area contributed by atoms with Gasteiger partial charge in [-0.1, -0.05) is 0 Å². The number of nitriles is 1. The average Bonchev–Trinajstić information content (AvgIpc) is 2.18. The number of nitro groups is 1. The summed E-state index contributed by atoms with van der Waals surface area (Å²) >= 11 is 2.01. The van der Waals surface area contributed by atoms with Crippen LogP contribution in [0.3, 0.4) is 0 Å². The summed E-state index contributed by atoms with van der Waals surface area (Å²) in [6, 6.07) is 4.84. The molecule has 0 unspecified atom stereocenters. The highest BCUT2D eigenvalue weighted by Gasteiger charge is 2.17. The van der Waals surface area contributed by atoms with E-state index in [0.717, 1.165) is 3.57 Å². The summed E-state index contributed by atoms with van der Waals surface area (Å²) in [5.74, 6) is 0.448. The fraction of sp³-hybridized carbons (Fsp3) is 0.222. The molecule has 1 aromatic carbocycles. The molecular weight excluding hydrogens is 311 g/mol. The van der Waals surface area contributed by atoms with Crippen LogP contribution in [0.15, 0.2) is 12.1 Å². The number of ether oxygens (including phenoxy) is 1. The van der Waals surface area contributed by atoms with Crippen molar-refractivity contribution in [3.05, 3.63) is 31.4 Å². The first kappa shape index (κ1) is 11.7. The normalized spacial score (nSPS) is 9.40. The molecule has 0 aromatic heterocycles. The monoisotopic (exact) mass is 318 g/mol. The summed E-state index contributed by atoms with van der Waals surface area (Å²) in [4.78, 5) is 10.2. The molecule has 1 rings (SSSR count). The van der Waals surface area contributed by atoms with E-state index in [-0.39, 0.29) is 12.1 Å². The Morgan fingerprint density at radius 2 is 2.33 bits per heavy atom. The SMILES string of the molecule is COc1cc([N+](=O)[O-])c(CC#N)cc1I. The van der Waals surface area contributed by atoms with Gasteiger partial charge < -0.3 is 4.74 Å². The lowest BCUT2D eigenvalue weighted by molar-refractivity contribution is -0.385. The molecule has 0 spiro atoms. The van der Waals surface area contributed by atoms with Crippen LogP contribution in [0.2, 0.25) is 0 Å². The molecule has 0 heterocycles. The maximum Gasteiger partial charge on any atom is 0.277 e. The highest BCUT2D eigenvalue weighted by atomic mass is 127. The molecule has 0 saturated heterocycles. The van der Waals surface area contributed by atoms with Gasteiger partial charge in [-0.3, -0.25) is 10.1 Å². The minimum atomic E-state index is -0.509. The van der Waals surface area contributed by atoms with Crippen molar-refractivity contribution in [1.29, 1.82) is 5.26 Å². The molecule has 0 aliphatic rings. The van der Waals surface area contributed by atoms with E-state index < -0.39 is 4.92 Å². The number of hydrogen-bond acceptors (Lipinski definition) is 4. The van der Waals surface area contributed by atoms with E-state index in [1.807, 2.05) is 28.7 Å². The van der Waals surface area contributed by atoms with Crippen LogP contribution in [0, 0.1) is 25.0 Å². The van der Waals surface area contributed by atoms with Gasteiger partial charge in [0.15, 0.2) is 0 Å². The molecule has 78 valence electrons. The summed E-state index contributed by atoms with van der Waals surface area (Å²) in [6.07, 6.45) is 0.0241. The van der Waals surface area contributed by atoms with Gasteiger partial charge >= 0.3 is 0 Å². The summed E-state index contributed by atoms with van der Waals surface area (Å²) in [5, 5.41) is 19.3. The van der Waals surface area contributed by atoms with Crippen molar-refractivity contribution >= 4 is 28.3 Å². The molecule has 0 atom stereocenters. The van der Waals surface area contributed by atoms with Crippen LogP contribution in [0.25, 0.3) is 0 Å². The number of nitro benzene ring substituents is 1. The van der Waals surface area contributed by atoms with Crippen LogP contribution in [-0.2, 0) is 6.42 Å². The molecule has 15 heavy (non-hydrogen) atoms. The van der Waals surface area contributed by atoms with Gasteiger partial charge in [-0.25, -0.2) is 0 Å². The summed E-state index contributed by atoms with van der Waals surface area (Å²) in [7, 11) is 1.45. The van der Waals surface area contributed by atoms with Crippen molar-refractivity contribution in [2.45, 2.75) is 6.42 Å². The quantitative estimate of drug-likeness (QED) is 0.487. The van der Waals surface area contributed by atoms with Gasteiger partial charge in [0.2, 0.25) is 0 Å². The number of hydrogen-bond donors (Lipinski definition) is 0. The van der Waals surface area contributed by atoms with Gasteiger partial charge in [-0.05, 0) is 28.7 Å². The smallest absolute Gasteiger partial charge is 0.277 e. The first-order chi connectivity index (χ1) is 7.10. The van der Waals surface area contributed by atoms with E-state index in [4.69, 9.17) is 10.00 Å². The van der Waals surface area contributed by atoms with Crippen LogP contribution in [0.4, 0.5) is 5.69 Å². The number of rotatable bonds is 3. The Balaban J connectivity index is 3.33. The Morgan fingerprint density at radius 3 is 2.80 bits per heavy atom. The topological polar surface area (TPSA) is 76.2 Å². The second kappa shape index (κ2) is 4.93. The Morgan fingerprint density at radius 1 is 1.67 bits per heavy atom. The predicted molar refractivity (Wildman–Crippen MR) is 61.7 cm³/mol. The third-order valence-electron chi connectivity index (χ3n) is 1.82. The van der Waals surface area contributed by atoms with Crippen molar-refractivity contribution in [3.8, 4) is 11.8 Å². The molecule has 0 aliphatic heterocycles. The van der Waals surface area contributed by atoms with Crippen molar-refractivity contribution in [2.75, 3.05) is 7.11 Å². The van der Waals surface area contributed by atoms with E-state index >= 15 is 0 Å². The molecule has 0 aliphatic carbocycles. The third kappa shape index (κ3) is 2.56. The Hall–Kier alpha value is -1.36. The van der Waals surface area contributed by atoms with E-state index in [9.17, 15) is 10.1 Å². The second-order valence-electron chi connectivity index (χ2n) is 2.71. The van der Waals surface area contributed by atoms with Gasteiger partial charge in [-0.15, -0.1) is 0 Å². The number of benzene rings is 1. The molecule has 0 N–H and O–H groups in total. The van der Waals surface area contributed by atoms with Gasteiger partial charge in [-0.2, -0.15) is 5.26 Å². The third-order valence-corrected chi connectivity index (χ3v) is 2.66. The second-order valence-corrected chi connectivity index (χ2v) is 3.87. The molecule has 5 nitrogen and oxygen atoms in total. The molecule has 0 bridgehead atoms. The fourth-order valence-electron chi connectivity index (χ4n) is 1.14. The lowest BCUT2D eigenvalue weighted by Crippen LogP contribution is -1.98. The fourth-order valence-corrected chi connectivity index (χ4v) is 1.89. The van der Waals surface area contributed by atoms with Crippen molar-refractivity contribution in [3.63, 3.8) is 0 Å². The Bertz CT molecular complexity index is 440. The minimum absolute atomic E-state index is 0.0241. The van der Waals surface area contributed by atoms with Gasteiger partial charge in [0, 0.05) is 5.56 Å². The standard InChI is InChI=1S/C9H7IN2O3/c1-15-9-5-8(12(13)14)6(2-3-11)4-7(9)10/h4-5H,2H2,1H3.